The highest BCUT2D eigenvalue weighted by atomic mass is 32.1. The van der Waals surface area contributed by atoms with Crippen molar-refractivity contribution in [2.45, 2.75) is 39.7 Å². The standard InChI is InChI=1S/C21H26N2O4S/c1-21(2,3)19(24)27-23-11-9-16(10-12-23)26-20(25)22-18-14-28-13-17(18)15-7-5-4-6-8-15/h4-8,13-14,16H,9-12H2,1-3H3,(H,22,25). The van der Waals surface area contributed by atoms with Crippen molar-refractivity contribution >= 4 is 29.1 Å². The fraction of sp³-hybridized carbons (Fsp3) is 0.429. The van der Waals surface area contributed by atoms with Gasteiger partial charge in [0, 0.05) is 42.3 Å². The van der Waals surface area contributed by atoms with Crippen LogP contribution in [0.4, 0.5) is 10.5 Å². The summed E-state index contributed by atoms with van der Waals surface area (Å²) in [4.78, 5) is 29.7. The molecule has 1 N–H and O–H groups in total. The third kappa shape index (κ3) is 5.33. The van der Waals surface area contributed by atoms with E-state index in [1.807, 2.05) is 61.9 Å². The predicted octanol–water partition coefficient (Wildman–Crippen LogP) is 4.93. The van der Waals surface area contributed by atoms with E-state index in [2.05, 4.69) is 5.32 Å². The topological polar surface area (TPSA) is 67.9 Å². The first-order valence-corrected chi connectivity index (χ1v) is 10.3. The number of amides is 1. The second-order valence-electron chi connectivity index (χ2n) is 7.85. The van der Waals surface area contributed by atoms with E-state index in [4.69, 9.17) is 9.57 Å². The summed E-state index contributed by atoms with van der Waals surface area (Å²) in [5, 5.41) is 8.41. The number of anilines is 1. The van der Waals surface area contributed by atoms with Gasteiger partial charge in [-0.1, -0.05) is 30.3 Å². The maximum Gasteiger partial charge on any atom is 0.411 e. The number of hydrogen-bond donors (Lipinski definition) is 1. The van der Waals surface area contributed by atoms with Crippen LogP contribution < -0.4 is 5.32 Å². The highest BCUT2D eigenvalue weighted by molar-refractivity contribution is 7.08. The normalized spacial score (nSPS) is 15.8. The highest BCUT2D eigenvalue weighted by Gasteiger charge is 2.29. The van der Waals surface area contributed by atoms with Gasteiger partial charge in [0.15, 0.2) is 0 Å². The lowest BCUT2D eigenvalue weighted by Crippen LogP contribution is -2.41. The molecule has 28 heavy (non-hydrogen) atoms. The molecule has 0 bridgehead atoms. The van der Waals surface area contributed by atoms with Crippen molar-refractivity contribution in [3.05, 3.63) is 41.1 Å². The summed E-state index contributed by atoms with van der Waals surface area (Å²) >= 11 is 1.53. The summed E-state index contributed by atoms with van der Waals surface area (Å²) < 4.78 is 5.56. The minimum absolute atomic E-state index is 0.191. The zero-order valence-corrected chi connectivity index (χ0v) is 17.3. The first-order chi connectivity index (χ1) is 13.3. The fourth-order valence-corrected chi connectivity index (χ4v) is 3.61. The van der Waals surface area contributed by atoms with Crippen molar-refractivity contribution in [2.24, 2.45) is 5.41 Å². The third-order valence-corrected chi connectivity index (χ3v) is 5.23. The van der Waals surface area contributed by atoms with Crippen LogP contribution in [0.3, 0.4) is 0 Å². The monoisotopic (exact) mass is 402 g/mol. The van der Waals surface area contributed by atoms with Crippen LogP contribution >= 0.6 is 11.3 Å². The van der Waals surface area contributed by atoms with Crippen LogP contribution in [0.15, 0.2) is 41.1 Å². The van der Waals surface area contributed by atoms with Crippen LogP contribution in [0.2, 0.25) is 0 Å². The first kappa shape index (κ1) is 20.4. The van der Waals surface area contributed by atoms with Crippen molar-refractivity contribution in [3.8, 4) is 11.1 Å². The van der Waals surface area contributed by atoms with Crippen molar-refractivity contribution < 1.29 is 19.2 Å². The average molecular weight is 403 g/mol. The minimum atomic E-state index is -0.537. The number of carbonyl (C=O) groups is 2. The van der Waals surface area contributed by atoms with E-state index in [0.29, 0.717) is 25.9 Å². The van der Waals surface area contributed by atoms with Gasteiger partial charge in [0.05, 0.1) is 11.1 Å². The molecular formula is C21H26N2O4S. The maximum absolute atomic E-state index is 12.3. The fourth-order valence-electron chi connectivity index (χ4n) is 2.82. The number of nitrogens with zero attached hydrogens (tertiary/aromatic N) is 1. The molecule has 0 spiro atoms. The number of hydroxylamine groups is 2. The lowest BCUT2D eigenvalue weighted by molar-refractivity contribution is -0.207. The van der Waals surface area contributed by atoms with Crippen LogP contribution in [0.1, 0.15) is 33.6 Å². The lowest BCUT2D eigenvalue weighted by atomic mass is 9.98. The number of ether oxygens (including phenoxy) is 1. The Morgan fingerprint density at radius 3 is 2.43 bits per heavy atom. The third-order valence-electron chi connectivity index (χ3n) is 4.48. The van der Waals surface area contributed by atoms with Crippen molar-refractivity contribution in [1.29, 1.82) is 0 Å². The van der Waals surface area contributed by atoms with E-state index < -0.39 is 11.5 Å². The Labute approximate surface area is 169 Å². The van der Waals surface area contributed by atoms with Crippen LogP contribution in [0.25, 0.3) is 11.1 Å². The van der Waals surface area contributed by atoms with Gasteiger partial charge in [0.25, 0.3) is 0 Å². The number of rotatable bonds is 4. The molecule has 2 aromatic rings. The largest absolute Gasteiger partial charge is 0.446 e. The Kier molecular flexibility index (Phi) is 6.36. The summed E-state index contributed by atoms with van der Waals surface area (Å²) in [7, 11) is 0. The molecule has 0 saturated carbocycles. The van der Waals surface area contributed by atoms with Crippen LogP contribution in [-0.4, -0.2) is 36.3 Å². The second kappa shape index (κ2) is 8.75. The van der Waals surface area contributed by atoms with Crippen molar-refractivity contribution in [3.63, 3.8) is 0 Å². The quantitative estimate of drug-likeness (QED) is 0.785. The number of thiophene rings is 1. The molecule has 0 radical (unpaired) electrons. The van der Waals surface area contributed by atoms with Crippen LogP contribution in [0.5, 0.6) is 0 Å². The van der Waals surface area contributed by atoms with Gasteiger partial charge in [-0.05, 0) is 26.3 Å². The molecule has 1 aromatic carbocycles. The molecule has 1 aliphatic heterocycles. The molecule has 3 rings (SSSR count). The SMILES string of the molecule is CC(C)(C)C(=O)ON1CCC(OC(=O)Nc2cscc2-c2ccccc2)CC1. The van der Waals surface area contributed by atoms with Gasteiger partial charge < -0.3 is 9.57 Å². The summed E-state index contributed by atoms with van der Waals surface area (Å²) in [6.07, 6.45) is 0.601. The minimum Gasteiger partial charge on any atom is -0.446 e. The molecular weight excluding hydrogens is 376 g/mol. The van der Waals surface area contributed by atoms with Gasteiger partial charge in [-0.25, -0.2) is 9.59 Å². The van der Waals surface area contributed by atoms with Gasteiger partial charge in [0.1, 0.15) is 6.10 Å². The molecule has 0 unspecified atom stereocenters. The molecule has 2 heterocycles. The Bertz CT molecular complexity index is 805. The first-order valence-electron chi connectivity index (χ1n) is 9.39. The van der Waals surface area contributed by atoms with Gasteiger partial charge in [-0.2, -0.15) is 0 Å². The summed E-state index contributed by atoms with van der Waals surface area (Å²) in [6, 6.07) is 9.91. The van der Waals surface area contributed by atoms with Gasteiger partial charge in [0.2, 0.25) is 0 Å². The number of benzene rings is 1. The van der Waals surface area contributed by atoms with E-state index in [1.54, 1.807) is 5.06 Å². The van der Waals surface area contributed by atoms with Crippen molar-refractivity contribution in [2.75, 3.05) is 18.4 Å². The van der Waals surface area contributed by atoms with Gasteiger partial charge >= 0.3 is 12.1 Å². The van der Waals surface area contributed by atoms with E-state index in [-0.39, 0.29) is 12.1 Å². The summed E-state index contributed by atoms with van der Waals surface area (Å²) in [5.41, 5.74) is 2.24. The Morgan fingerprint density at radius 1 is 1.11 bits per heavy atom. The number of carbonyl (C=O) groups excluding carboxylic acids is 2. The molecule has 0 atom stereocenters. The van der Waals surface area contributed by atoms with E-state index >= 15 is 0 Å². The van der Waals surface area contributed by atoms with E-state index in [1.165, 1.54) is 11.3 Å². The van der Waals surface area contributed by atoms with Gasteiger partial charge in [-0.15, -0.1) is 16.4 Å². The Morgan fingerprint density at radius 2 is 1.79 bits per heavy atom. The van der Waals surface area contributed by atoms with Crippen molar-refractivity contribution in [1.82, 2.24) is 5.06 Å². The van der Waals surface area contributed by atoms with Crippen LogP contribution in [-0.2, 0) is 14.4 Å². The number of hydrogen-bond acceptors (Lipinski definition) is 6. The zero-order chi connectivity index (χ0) is 20.1. The Balaban J connectivity index is 1.48. The predicted molar refractivity (Wildman–Crippen MR) is 110 cm³/mol. The number of piperidine rings is 1. The zero-order valence-electron chi connectivity index (χ0n) is 16.4. The lowest BCUT2D eigenvalue weighted by Gasteiger charge is -2.31. The summed E-state index contributed by atoms with van der Waals surface area (Å²) in [6.45, 7) is 6.57. The average Bonchev–Trinajstić information content (AvgIpc) is 3.11. The molecule has 7 heteroatoms. The molecule has 1 aliphatic rings. The molecule has 6 nitrogen and oxygen atoms in total. The van der Waals surface area contributed by atoms with E-state index in [0.717, 1.165) is 16.8 Å². The van der Waals surface area contributed by atoms with E-state index in [9.17, 15) is 9.59 Å². The highest BCUT2D eigenvalue weighted by Crippen LogP contribution is 2.31. The second-order valence-corrected chi connectivity index (χ2v) is 8.60. The molecule has 1 amide bonds. The number of nitrogens with one attached hydrogen (secondary N) is 1. The van der Waals surface area contributed by atoms with Gasteiger partial charge in [-0.3, -0.25) is 5.32 Å². The molecule has 0 aliphatic carbocycles. The maximum atomic E-state index is 12.3. The summed E-state index contributed by atoms with van der Waals surface area (Å²) in [5.74, 6) is -0.254. The smallest absolute Gasteiger partial charge is 0.411 e. The molecule has 150 valence electrons. The molecule has 1 saturated heterocycles. The van der Waals surface area contributed by atoms with Crippen LogP contribution in [0, 0.1) is 5.41 Å². The Hall–Kier alpha value is -2.38. The molecule has 1 aromatic heterocycles. The molecule has 1 fully saturated rings.